The van der Waals surface area contributed by atoms with Crippen molar-refractivity contribution in [3.8, 4) is 11.5 Å². The molecule has 1 aliphatic heterocycles. The van der Waals surface area contributed by atoms with Crippen molar-refractivity contribution in [2.24, 2.45) is 0 Å². The lowest BCUT2D eigenvalue weighted by Gasteiger charge is -2.21. The Morgan fingerprint density at radius 3 is 2.52 bits per heavy atom. The molecule has 4 heteroatoms. The van der Waals surface area contributed by atoms with Gasteiger partial charge in [0.25, 0.3) is 0 Å². The van der Waals surface area contributed by atoms with E-state index in [2.05, 4.69) is 18.2 Å². The standard InChI is InChI=1S/C21H25NO3/c1-2-22(16-18-7-4-3-5-8-18)21(23)10-6-9-17-11-12-19-20(15-17)25-14-13-24-19/h3-5,7-8,11-12,15H,2,6,9-10,13-14,16H2,1H3. The van der Waals surface area contributed by atoms with Gasteiger partial charge in [0.1, 0.15) is 13.2 Å². The average Bonchev–Trinajstić information content (AvgIpc) is 2.66. The highest BCUT2D eigenvalue weighted by atomic mass is 16.6. The van der Waals surface area contributed by atoms with Gasteiger partial charge in [-0.1, -0.05) is 36.4 Å². The molecule has 0 fully saturated rings. The van der Waals surface area contributed by atoms with E-state index >= 15 is 0 Å². The first kappa shape index (κ1) is 17.3. The summed E-state index contributed by atoms with van der Waals surface area (Å²) < 4.78 is 11.2. The van der Waals surface area contributed by atoms with E-state index in [1.807, 2.05) is 42.2 Å². The molecule has 132 valence electrons. The van der Waals surface area contributed by atoms with E-state index in [-0.39, 0.29) is 5.91 Å². The number of carbonyl (C=O) groups is 1. The van der Waals surface area contributed by atoms with E-state index < -0.39 is 0 Å². The molecule has 25 heavy (non-hydrogen) atoms. The number of fused-ring (bicyclic) bond motifs is 1. The minimum atomic E-state index is 0.212. The lowest BCUT2D eigenvalue weighted by atomic mass is 10.1. The fourth-order valence-corrected chi connectivity index (χ4v) is 3.03. The number of amides is 1. The number of carbonyl (C=O) groups excluding carboxylic acids is 1. The smallest absolute Gasteiger partial charge is 0.222 e. The highest BCUT2D eigenvalue weighted by Gasteiger charge is 2.14. The van der Waals surface area contributed by atoms with Crippen LogP contribution in [0.15, 0.2) is 48.5 Å². The first-order valence-electron chi connectivity index (χ1n) is 8.96. The zero-order valence-electron chi connectivity index (χ0n) is 14.7. The van der Waals surface area contributed by atoms with Crippen LogP contribution in [0.3, 0.4) is 0 Å². The quantitative estimate of drug-likeness (QED) is 0.769. The van der Waals surface area contributed by atoms with Crippen molar-refractivity contribution >= 4 is 5.91 Å². The van der Waals surface area contributed by atoms with E-state index in [0.29, 0.717) is 26.2 Å². The molecule has 1 heterocycles. The molecule has 1 amide bonds. The molecule has 0 atom stereocenters. The van der Waals surface area contributed by atoms with Crippen LogP contribution in [0.5, 0.6) is 11.5 Å². The molecule has 2 aromatic carbocycles. The van der Waals surface area contributed by atoms with Gasteiger partial charge >= 0.3 is 0 Å². The van der Waals surface area contributed by atoms with Crippen LogP contribution in [-0.2, 0) is 17.8 Å². The number of aryl methyl sites for hydroxylation is 1. The second-order valence-electron chi connectivity index (χ2n) is 6.23. The maximum atomic E-state index is 12.5. The van der Waals surface area contributed by atoms with Crippen molar-refractivity contribution in [2.75, 3.05) is 19.8 Å². The summed E-state index contributed by atoms with van der Waals surface area (Å²) in [6, 6.07) is 16.2. The molecule has 0 aromatic heterocycles. The van der Waals surface area contributed by atoms with Crippen LogP contribution in [0.25, 0.3) is 0 Å². The molecular formula is C21H25NO3. The first-order chi connectivity index (χ1) is 12.3. The fraction of sp³-hybridized carbons (Fsp3) is 0.381. The Kier molecular flexibility index (Phi) is 5.94. The van der Waals surface area contributed by atoms with Crippen molar-refractivity contribution in [1.29, 1.82) is 0 Å². The number of rotatable bonds is 7. The van der Waals surface area contributed by atoms with Crippen molar-refractivity contribution in [3.63, 3.8) is 0 Å². The zero-order valence-corrected chi connectivity index (χ0v) is 14.7. The van der Waals surface area contributed by atoms with Gasteiger partial charge in [0.15, 0.2) is 11.5 Å². The monoisotopic (exact) mass is 339 g/mol. The van der Waals surface area contributed by atoms with Crippen molar-refractivity contribution in [2.45, 2.75) is 32.7 Å². The van der Waals surface area contributed by atoms with Gasteiger partial charge in [-0.05, 0) is 43.0 Å². The predicted octanol–water partition coefficient (Wildman–Crippen LogP) is 3.83. The third kappa shape index (κ3) is 4.75. The second kappa shape index (κ2) is 8.56. The number of hydrogen-bond acceptors (Lipinski definition) is 3. The molecule has 2 aromatic rings. The number of hydrogen-bond donors (Lipinski definition) is 0. The molecule has 3 rings (SSSR count). The van der Waals surface area contributed by atoms with E-state index in [1.165, 1.54) is 11.1 Å². The van der Waals surface area contributed by atoms with Gasteiger partial charge in [0.05, 0.1) is 0 Å². The normalized spacial score (nSPS) is 12.7. The molecule has 0 radical (unpaired) electrons. The lowest BCUT2D eigenvalue weighted by Crippen LogP contribution is -2.30. The Morgan fingerprint density at radius 2 is 1.76 bits per heavy atom. The summed E-state index contributed by atoms with van der Waals surface area (Å²) in [6.07, 6.45) is 2.27. The Labute approximate surface area is 149 Å². The minimum Gasteiger partial charge on any atom is -0.486 e. The van der Waals surface area contributed by atoms with E-state index in [9.17, 15) is 4.79 Å². The molecule has 1 aliphatic rings. The molecule has 0 spiro atoms. The van der Waals surface area contributed by atoms with Crippen molar-refractivity contribution < 1.29 is 14.3 Å². The van der Waals surface area contributed by atoms with Crippen LogP contribution in [0.2, 0.25) is 0 Å². The van der Waals surface area contributed by atoms with Gasteiger partial charge in [0, 0.05) is 19.5 Å². The summed E-state index contributed by atoms with van der Waals surface area (Å²) in [5.74, 6) is 1.84. The van der Waals surface area contributed by atoms with Crippen LogP contribution in [0.1, 0.15) is 30.9 Å². The highest BCUT2D eigenvalue weighted by Crippen LogP contribution is 2.31. The molecule has 0 unspecified atom stereocenters. The van der Waals surface area contributed by atoms with Crippen LogP contribution < -0.4 is 9.47 Å². The third-order valence-electron chi connectivity index (χ3n) is 4.41. The SMILES string of the molecule is CCN(Cc1ccccc1)C(=O)CCCc1ccc2c(c1)OCCO2. The second-order valence-corrected chi connectivity index (χ2v) is 6.23. The molecular weight excluding hydrogens is 314 g/mol. The summed E-state index contributed by atoms with van der Waals surface area (Å²) in [5.41, 5.74) is 2.35. The van der Waals surface area contributed by atoms with Gasteiger partial charge in [-0.15, -0.1) is 0 Å². The molecule has 0 aliphatic carbocycles. The Bertz CT molecular complexity index is 700. The van der Waals surface area contributed by atoms with E-state index in [0.717, 1.165) is 30.9 Å². The highest BCUT2D eigenvalue weighted by molar-refractivity contribution is 5.76. The number of benzene rings is 2. The molecule has 0 saturated heterocycles. The third-order valence-corrected chi connectivity index (χ3v) is 4.41. The average molecular weight is 339 g/mol. The minimum absolute atomic E-state index is 0.212. The molecule has 0 N–H and O–H groups in total. The van der Waals surface area contributed by atoms with Crippen LogP contribution in [-0.4, -0.2) is 30.6 Å². The summed E-state index contributed by atoms with van der Waals surface area (Å²) in [6.45, 7) is 4.65. The molecule has 0 bridgehead atoms. The van der Waals surface area contributed by atoms with Gasteiger partial charge in [0.2, 0.25) is 5.91 Å². The number of ether oxygens (including phenoxy) is 2. The lowest BCUT2D eigenvalue weighted by molar-refractivity contribution is -0.131. The van der Waals surface area contributed by atoms with Gasteiger partial charge in [-0.25, -0.2) is 0 Å². The van der Waals surface area contributed by atoms with Crippen LogP contribution in [0, 0.1) is 0 Å². The van der Waals surface area contributed by atoms with Gasteiger partial charge < -0.3 is 14.4 Å². The topological polar surface area (TPSA) is 38.8 Å². The van der Waals surface area contributed by atoms with Crippen molar-refractivity contribution in [3.05, 3.63) is 59.7 Å². The summed E-state index contributed by atoms with van der Waals surface area (Å²) in [5, 5.41) is 0. The fourth-order valence-electron chi connectivity index (χ4n) is 3.03. The predicted molar refractivity (Wildman–Crippen MR) is 97.9 cm³/mol. The molecule has 0 saturated carbocycles. The van der Waals surface area contributed by atoms with Gasteiger partial charge in [-0.2, -0.15) is 0 Å². The Morgan fingerprint density at radius 1 is 1.00 bits per heavy atom. The summed E-state index contributed by atoms with van der Waals surface area (Å²) in [7, 11) is 0. The number of nitrogens with zero attached hydrogens (tertiary/aromatic N) is 1. The Hall–Kier alpha value is -2.49. The maximum Gasteiger partial charge on any atom is 0.222 e. The van der Waals surface area contributed by atoms with Crippen LogP contribution >= 0.6 is 0 Å². The first-order valence-corrected chi connectivity index (χ1v) is 8.96. The van der Waals surface area contributed by atoms with Crippen molar-refractivity contribution in [1.82, 2.24) is 4.90 Å². The molecule has 4 nitrogen and oxygen atoms in total. The largest absolute Gasteiger partial charge is 0.486 e. The Balaban J connectivity index is 1.49. The van der Waals surface area contributed by atoms with E-state index in [1.54, 1.807) is 0 Å². The summed E-state index contributed by atoms with van der Waals surface area (Å²) in [4.78, 5) is 14.4. The zero-order chi connectivity index (χ0) is 17.5. The maximum absolute atomic E-state index is 12.5. The van der Waals surface area contributed by atoms with Gasteiger partial charge in [-0.3, -0.25) is 4.79 Å². The van der Waals surface area contributed by atoms with E-state index in [4.69, 9.17) is 9.47 Å². The summed E-state index contributed by atoms with van der Waals surface area (Å²) >= 11 is 0. The van der Waals surface area contributed by atoms with Crippen LogP contribution in [0.4, 0.5) is 0 Å².